The van der Waals surface area contributed by atoms with Gasteiger partial charge in [0.1, 0.15) is 18.2 Å². The molecular formula is C23H22F4N8O3. The van der Waals surface area contributed by atoms with E-state index in [1.54, 1.807) is 6.92 Å². The number of rotatable bonds is 8. The summed E-state index contributed by atoms with van der Waals surface area (Å²) in [7, 11) is 2.84. The smallest absolute Gasteiger partial charge is 0.319 e. The van der Waals surface area contributed by atoms with Crippen molar-refractivity contribution in [3.8, 4) is 29.0 Å². The summed E-state index contributed by atoms with van der Waals surface area (Å²) >= 11 is 0. The van der Waals surface area contributed by atoms with Crippen molar-refractivity contribution < 1.29 is 31.8 Å². The average Bonchev–Trinajstić information content (AvgIpc) is 3.42. The number of halogens is 4. The highest BCUT2D eigenvalue weighted by atomic mass is 19.3. The molecule has 1 saturated heterocycles. The lowest BCUT2D eigenvalue weighted by molar-refractivity contribution is -0.0608. The molecule has 0 saturated carbocycles. The van der Waals surface area contributed by atoms with Crippen LogP contribution in [0, 0.1) is 6.92 Å². The van der Waals surface area contributed by atoms with E-state index in [2.05, 4.69) is 30.0 Å². The van der Waals surface area contributed by atoms with Crippen LogP contribution in [0.1, 0.15) is 5.82 Å². The Morgan fingerprint density at radius 1 is 1.05 bits per heavy atom. The van der Waals surface area contributed by atoms with Crippen molar-refractivity contribution in [2.45, 2.75) is 31.9 Å². The number of methoxy groups -OCH3 is 2. The minimum absolute atomic E-state index is 0.0971. The Hall–Kier alpha value is -4.30. The second-order valence-electron chi connectivity index (χ2n) is 8.49. The Morgan fingerprint density at radius 2 is 1.87 bits per heavy atom. The van der Waals surface area contributed by atoms with Gasteiger partial charge in [-0.3, -0.25) is 4.68 Å². The van der Waals surface area contributed by atoms with Crippen LogP contribution in [0.4, 0.5) is 23.4 Å². The molecule has 0 amide bonds. The molecule has 0 unspecified atom stereocenters. The molecule has 4 aromatic heterocycles. The van der Waals surface area contributed by atoms with Crippen LogP contribution in [-0.4, -0.2) is 80.5 Å². The van der Waals surface area contributed by atoms with Gasteiger partial charge in [-0.25, -0.2) is 37.5 Å². The SMILES string of the molecule is COc1ncc(-c2cc(N3C[C@H](Oc4cc5c(cn4)cnn5CC(F)F)C(F)(F)C3)nc(C)n2)c(OC)n1. The number of nitrogens with zero attached hydrogens (tertiary/aromatic N) is 8. The lowest BCUT2D eigenvalue weighted by Gasteiger charge is -2.18. The highest BCUT2D eigenvalue weighted by molar-refractivity contribution is 5.78. The summed E-state index contributed by atoms with van der Waals surface area (Å²) in [6.45, 7) is 0.109. The van der Waals surface area contributed by atoms with Gasteiger partial charge < -0.3 is 19.1 Å². The van der Waals surface area contributed by atoms with Gasteiger partial charge in [-0.05, 0) is 6.92 Å². The largest absolute Gasteiger partial charge is 0.480 e. The lowest BCUT2D eigenvalue weighted by Crippen LogP contribution is -2.36. The van der Waals surface area contributed by atoms with Gasteiger partial charge in [0.25, 0.3) is 6.43 Å². The quantitative estimate of drug-likeness (QED) is 0.312. The highest BCUT2D eigenvalue weighted by Gasteiger charge is 2.51. The van der Waals surface area contributed by atoms with Crippen LogP contribution in [0.2, 0.25) is 0 Å². The lowest BCUT2D eigenvalue weighted by atomic mass is 10.2. The van der Waals surface area contributed by atoms with E-state index < -0.39 is 31.5 Å². The Kier molecular flexibility index (Phi) is 6.59. The molecule has 1 atom stereocenters. The third-order valence-electron chi connectivity index (χ3n) is 5.87. The Morgan fingerprint density at radius 3 is 2.61 bits per heavy atom. The highest BCUT2D eigenvalue weighted by Crippen LogP contribution is 2.36. The molecule has 0 aliphatic carbocycles. The standard InChI is InChI=1S/C23H22F4N8O3/c1-12-31-15(14-8-29-22(37-3)33-21(14)36-2)4-19(32-12)34-9-17(23(26,27)11-34)38-20-5-16-13(6-28-20)7-30-35(16)10-18(24)25/h4-8,17-18H,9-11H2,1-3H3/t17-/m0/s1. The van der Waals surface area contributed by atoms with Crippen molar-refractivity contribution in [2.24, 2.45) is 0 Å². The van der Waals surface area contributed by atoms with Crippen LogP contribution in [0.25, 0.3) is 22.2 Å². The fraction of sp³-hybridized carbons (Fsp3) is 0.391. The minimum Gasteiger partial charge on any atom is -0.480 e. The van der Waals surface area contributed by atoms with Gasteiger partial charge in [-0.2, -0.15) is 10.1 Å². The molecule has 1 aliphatic rings. The number of ether oxygens (including phenoxy) is 3. The number of alkyl halides is 4. The summed E-state index contributed by atoms with van der Waals surface area (Å²) in [5.74, 6) is -2.61. The van der Waals surface area contributed by atoms with Gasteiger partial charge in [-0.15, -0.1) is 0 Å². The average molecular weight is 534 g/mol. The van der Waals surface area contributed by atoms with Crippen LogP contribution in [0.15, 0.2) is 30.7 Å². The van der Waals surface area contributed by atoms with Crippen molar-refractivity contribution in [2.75, 3.05) is 32.2 Å². The molecule has 11 nitrogen and oxygen atoms in total. The number of hydrogen-bond acceptors (Lipinski definition) is 10. The Bertz CT molecular complexity index is 1470. The van der Waals surface area contributed by atoms with Gasteiger partial charge in [0.15, 0.2) is 6.10 Å². The minimum atomic E-state index is -3.26. The zero-order chi connectivity index (χ0) is 27.0. The summed E-state index contributed by atoms with van der Waals surface area (Å²) in [4.78, 5) is 22.4. The molecule has 0 N–H and O–H groups in total. The molecule has 5 rings (SSSR count). The fourth-order valence-corrected chi connectivity index (χ4v) is 4.13. The van der Waals surface area contributed by atoms with E-state index in [0.29, 0.717) is 28.0 Å². The van der Waals surface area contributed by atoms with Crippen molar-refractivity contribution >= 4 is 16.7 Å². The third-order valence-corrected chi connectivity index (χ3v) is 5.87. The Balaban J connectivity index is 1.40. The first kappa shape index (κ1) is 25.4. The molecule has 1 aliphatic heterocycles. The maximum Gasteiger partial charge on any atom is 0.319 e. The second kappa shape index (κ2) is 9.87. The molecule has 0 aromatic carbocycles. The molecule has 200 valence electrons. The number of pyridine rings is 1. The van der Waals surface area contributed by atoms with Gasteiger partial charge in [0.05, 0.1) is 50.3 Å². The predicted molar refractivity (Wildman–Crippen MR) is 126 cm³/mol. The normalized spacial score (nSPS) is 16.8. The van der Waals surface area contributed by atoms with Crippen molar-refractivity contribution in [3.63, 3.8) is 0 Å². The van der Waals surface area contributed by atoms with Crippen LogP contribution >= 0.6 is 0 Å². The molecule has 38 heavy (non-hydrogen) atoms. The van der Waals surface area contributed by atoms with Crippen molar-refractivity contribution in [3.05, 3.63) is 36.5 Å². The molecule has 0 radical (unpaired) electrons. The number of aryl methyl sites for hydroxylation is 1. The zero-order valence-electron chi connectivity index (χ0n) is 20.5. The summed E-state index contributed by atoms with van der Waals surface area (Å²) in [5.41, 5.74) is 1.11. The molecule has 0 spiro atoms. The topological polar surface area (TPSA) is 113 Å². The molecule has 4 aromatic rings. The first-order chi connectivity index (χ1) is 18.2. The van der Waals surface area contributed by atoms with E-state index >= 15 is 8.78 Å². The van der Waals surface area contributed by atoms with Crippen molar-refractivity contribution in [1.82, 2.24) is 34.7 Å². The van der Waals surface area contributed by atoms with E-state index in [4.69, 9.17) is 14.2 Å². The maximum atomic E-state index is 15.1. The number of fused-ring (bicyclic) bond motifs is 1. The summed E-state index contributed by atoms with van der Waals surface area (Å²) in [6, 6.07) is 2.96. The monoisotopic (exact) mass is 534 g/mol. The number of anilines is 1. The zero-order valence-corrected chi connectivity index (χ0v) is 20.5. The fourth-order valence-electron chi connectivity index (χ4n) is 4.13. The van der Waals surface area contributed by atoms with Crippen molar-refractivity contribution in [1.29, 1.82) is 0 Å². The molecule has 0 bridgehead atoms. The van der Waals surface area contributed by atoms with E-state index in [1.807, 2.05) is 0 Å². The summed E-state index contributed by atoms with van der Waals surface area (Å²) in [5, 5.41) is 4.38. The van der Waals surface area contributed by atoms with Crippen LogP contribution in [-0.2, 0) is 6.54 Å². The van der Waals surface area contributed by atoms with Crippen LogP contribution in [0.5, 0.6) is 17.8 Å². The maximum absolute atomic E-state index is 15.1. The predicted octanol–water partition coefficient (Wildman–Crippen LogP) is 3.17. The Labute approximate surface area is 213 Å². The van der Waals surface area contributed by atoms with E-state index in [9.17, 15) is 8.78 Å². The first-order valence-electron chi connectivity index (χ1n) is 11.4. The van der Waals surface area contributed by atoms with Gasteiger partial charge in [-0.1, -0.05) is 0 Å². The van der Waals surface area contributed by atoms with Crippen LogP contribution < -0.4 is 19.1 Å². The van der Waals surface area contributed by atoms with E-state index in [1.165, 1.54) is 49.8 Å². The van der Waals surface area contributed by atoms with E-state index in [0.717, 1.165) is 4.68 Å². The molecule has 15 heteroatoms. The second-order valence-corrected chi connectivity index (χ2v) is 8.49. The van der Waals surface area contributed by atoms with Gasteiger partial charge in [0.2, 0.25) is 11.8 Å². The van der Waals surface area contributed by atoms with Crippen LogP contribution in [0.3, 0.4) is 0 Å². The molecule has 1 fully saturated rings. The van der Waals surface area contributed by atoms with Gasteiger partial charge in [0, 0.05) is 29.9 Å². The summed E-state index contributed by atoms with van der Waals surface area (Å²) < 4.78 is 72.8. The number of hydrogen-bond donors (Lipinski definition) is 0. The summed E-state index contributed by atoms with van der Waals surface area (Å²) in [6.07, 6.45) is -0.0282. The number of aromatic nitrogens is 7. The van der Waals surface area contributed by atoms with Gasteiger partial charge >= 0.3 is 11.9 Å². The molecular weight excluding hydrogens is 512 g/mol. The van der Waals surface area contributed by atoms with E-state index in [-0.39, 0.29) is 30.1 Å². The third kappa shape index (κ3) is 4.95. The molecule has 5 heterocycles. The first-order valence-corrected chi connectivity index (χ1v) is 11.4.